The molecule has 2 heterocycles. The lowest BCUT2D eigenvalue weighted by Crippen LogP contribution is -2.47. The first-order valence-electron chi connectivity index (χ1n) is 10.0. The van der Waals surface area contributed by atoms with E-state index in [-0.39, 0.29) is 11.5 Å². The smallest absolute Gasteiger partial charge is 0.191 e. The fourth-order valence-electron chi connectivity index (χ4n) is 3.91. The fraction of sp³-hybridized carbons (Fsp3) is 0.667. The highest BCUT2D eigenvalue weighted by atomic mass is 35.5. The molecule has 2 N–H and O–H groups in total. The molecule has 1 aromatic rings. The van der Waals surface area contributed by atoms with Crippen molar-refractivity contribution in [1.82, 2.24) is 10.6 Å². The number of guanidine groups is 1. The van der Waals surface area contributed by atoms with Gasteiger partial charge < -0.3 is 24.8 Å². The van der Waals surface area contributed by atoms with Gasteiger partial charge in [-0.15, -0.1) is 0 Å². The highest BCUT2D eigenvalue weighted by Gasteiger charge is 2.35. The van der Waals surface area contributed by atoms with E-state index >= 15 is 0 Å². The number of benzene rings is 1. The number of halogens is 1. The number of fused-ring (bicyclic) bond motifs is 1. The summed E-state index contributed by atoms with van der Waals surface area (Å²) in [6.45, 7) is 10.1. The molecule has 2 unspecified atom stereocenters. The summed E-state index contributed by atoms with van der Waals surface area (Å²) in [7, 11) is 1.78. The van der Waals surface area contributed by atoms with Gasteiger partial charge >= 0.3 is 0 Å². The molecule has 0 spiro atoms. The second kappa shape index (κ2) is 9.23. The van der Waals surface area contributed by atoms with Gasteiger partial charge in [-0.3, -0.25) is 4.99 Å². The zero-order chi connectivity index (χ0) is 20.1. The van der Waals surface area contributed by atoms with Crippen LogP contribution in [-0.4, -0.2) is 45.5 Å². The van der Waals surface area contributed by atoms with E-state index in [0.29, 0.717) is 42.2 Å². The van der Waals surface area contributed by atoms with Gasteiger partial charge in [-0.25, -0.2) is 0 Å². The van der Waals surface area contributed by atoms with E-state index in [2.05, 4.69) is 36.4 Å². The van der Waals surface area contributed by atoms with Crippen molar-refractivity contribution < 1.29 is 14.2 Å². The maximum atomic E-state index is 6.33. The molecular weight excluding hydrogens is 378 g/mol. The number of rotatable bonds is 4. The third kappa shape index (κ3) is 5.23. The van der Waals surface area contributed by atoms with Gasteiger partial charge in [-0.05, 0) is 36.0 Å². The molecule has 1 fully saturated rings. The van der Waals surface area contributed by atoms with Crippen molar-refractivity contribution in [3.05, 3.63) is 22.7 Å². The first-order valence-corrected chi connectivity index (χ1v) is 10.4. The van der Waals surface area contributed by atoms with Crippen LogP contribution in [0, 0.1) is 11.3 Å². The molecule has 0 aromatic heterocycles. The van der Waals surface area contributed by atoms with Gasteiger partial charge in [0.2, 0.25) is 0 Å². The Morgan fingerprint density at radius 3 is 2.71 bits per heavy atom. The summed E-state index contributed by atoms with van der Waals surface area (Å²) in [6, 6.07) is 3.87. The van der Waals surface area contributed by atoms with Crippen molar-refractivity contribution in [2.24, 2.45) is 16.3 Å². The van der Waals surface area contributed by atoms with Crippen LogP contribution in [0.2, 0.25) is 5.02 Å². The molecule has 1 aromatic carbocycles. The van der Waals surface area contributed by atoms with Crippen LogP contribution in [0.4, 0.5) is 0 Å². The van der Waals surface area contributed by atoms with Crippen LogP contribution in [-0.2, 0) is 11.3 Å². The third-order valence-electron chi connectivity index (χ3n) is 5.17. The predicted molar refractivity (Wildman–Crippen MR) is 113 cm³/mol. The predicted octanol–water partition coefficient (Wildman–Crippen LogP) is 3.62. The Labute approximate surface area is 173 Å². The van der Waals surface area contributed by atoms with E-state index in [1.54, 1.807) is 7.05 Å². The lowest BCUT2D eigenvalue weighted by atomic mass is 9.78. The van der Waals surface area contributed by atoms with Crippen LogP contribution in [0.5, 0.6) is 11.5 Å². The molecule has 2 aliphatic rings. The Kier molecular flexibility index (Phi) is 6.94. The molecule has 0 saturated carbocycles. The van der Waals surface area contributed by atoms with Gasteiger partial charge in [0, 0.05) is 32.7 Å². The second-order valence-corrected chi connectivity index (χ2v) is 8.88. The number of nitrogens with one attached hydrogen (secondary N) is 2. The number of ether oxygens (including phenoxy) is 3. The van der Waals surface area contributed by atoms with Gasteiger partial charge in [0.15, 0.2) is 17.5 Å². The Hall–Kier alpha value is -1.66. The van der Waals surface area contributed by atoms with Crippen LogP contribution in [0.15, 0.2) is 17.1 Å². The monoisotopic (exact) mass is 409 g/mol. The molecule has 6 nitrogen and oxygen atoms in total. The minimum absolute atomic E-state index is 0.131. The minimum Gasteiger partial charge on any atom is -0.486 e. The quantitative estimate of drug-likeness (QED) is 0.587. The average molecular weight is 410 g/mol. The summed E-state index contributed by atoms with van der Waals surface area (Å²) in [5.74, 6) is 2.57. The van der Waals surface area contributed by atoms with Gasteiger partial charge in [0.25, 0.3) is 0 Å². The third-order valence-corrected chi connectivity index (χ3v) is 5.45. The molecule has 156 valence electrons. The normalized spacial score (nSPS) is 22.7. The van der Waals surface area contributed by atoms with Crippen LogP contribution < -0.4 is 20.1 Å². The SMILES string of the molecule is CN=C(NCc1cc(Cl)c2c(c1)OCCO2)NCC1CCCOC1C(C)(C)C. The topological polar surface area (TPSA) is 64.1 Å². The van der Waals surface area contributed by atoms with Gasteiger partial charge in [-0.2, -0.15) is 0 Å². The first kappa shape index (κ1) is 21.1. The van der Waals surface area contributed by atoms with Crippen LogP contribution in [0.3, 0.4) is 0 Å². The summed E-state index contributed by atoms with van der Waals surface area (Å²) in [5.41, 5.74) is 1.15. The standard InChI is InChI=1S/C21H32ClN3O3/c1-21(2,3)19-15(6-5-7-28-19)13-25-20(23-4)24-12-14-10-16(22)18-17(11-14)26-8-9-27-18/h10-11,15,19H,5-9,12-13H2,1-4H3,(H2,23,24,25). The molecule has 7 heteroatoms. The van der Waals surface area contributed by atoms with Crippen molar-refractivity contribution >= 4 is 17.6 Å². The molecule has 0 radical (unpaired) electrons. The van der Waals surface area contributed by atoms with E-state index in [0.717, 1.165) is 31.1 Å². The summed E-state index contributed by atoms with van der Waals surface area (Å²) >= 11 is 6.33. The minimum atomic E-state index is 0.131. The highest BCUT2D eigenvalue weighted by Crippen LogP contribution is 2.38. The molecule has 1 saturated heterocycles. The largest absolute Gasteiger partial charge is 0.486 e. The summed E-state index contributed by atoms with van der Waals surface area (Å²) in [6.07, 6.45) is 2.54. The molecular formula is C21H32ClN3O3. The summed E-state index contributed by atoms with van der Waals surface area (Å²) in [4.78, 5) is 4.35. The zero-order valence-electron chi connectivity index (χ0n) is 17.3. The molecule has 0 bridgehead atoms. The summed E-state index contributed by atoms with van der Waals surface area (Å²) < 4.78 is 17.3. The molecule has 28 heavy (non-hydrogen) atoms. The highest BCUT2D eigenvalue weighted by molar-refractivity contribution is 6.32. The number of hydrogen-bond donors (Lipinski definition) is 2. The van der Waals surface area contributed by atoms with Crippen molar-refractivity contribution in [1.29, 1.82) is 0 Å². The van der Waals surface area contributed by atoms with Crippen molar-refractivity contribution in [2.75, 3.05) is 33.4 Å². The summed E-state index contributed by atoms with van der Waals surface area (Å²) in [5, 5.41) is 7.39. The maximum absolute atomic E-state index is 6.33. The van der Waals surface area contributed by atoms with Crippen LogP contribution >= 0.6 is 11.6 Å². The van der Waals surface area contributed by atoms with Gasteiger partial charge in [0.1, 0.15) is 13.2 Å². The number of nitrogens with zero attached hydrogens (tertiary/aromatic N) is 1. The van der Waals surface area contributed by atoms with E-state index in [1.165, 1.54) is 6.42 Å². The number of hydrogen-bond acceptors (Lipinski definition) is 4. The molecule has 2 atom stereocenters. The van der Waals surface area contributed by atoms with E-state index in [9.17, 15) is 0 Å². The van der Waals surface area contributed by atoms with Crippen LogP contribution in [0.25, 0.3) is 0 Å². The van der Waals surface area contributed by atoms with Gasteiger partial charge in [-0.1, -0.05) is 32.4 Å². The maximum Gasteiger partial charge on any atom is 0.191 e. The Morgan fingerprint density at radius 2 is 1.96 bits per heavy atom. The van der Waals surface area contributed by atoms with Crippen LogP contribution in [0.1, 0.15) is 39.2 Å². The second-order valence-electron chi connectivity index (χ2n) is 8.47. The van der Waals surface area contributed by atoms with Crippen molar-refractivity contribution in [3.8, 4) is 11.5 Å². The van der Waals surface area contributed by atoms with E-state index < -0.39 is 0 Å². The first-order chi connectivity index (χ1) is 13.4. The zero-order valence-corrected chi connectivity index (χ0v) is 18.1. The molecule has 3 rings (SSSR count). The van der Waals surface area contributed by atoms with Crippen molar-refractivity contribution in [2.45, 2.75) is 46.3 Å². The van der Waals surface area contributed by atoms with E-state index in [4.69, 9.17) is 25.8 Å². The molecule has 0 aliphatic carbocycles. The fourth-order valence-corrected chi connectivity index (χ4v) is 4.20. The lowest BCUT2D eigenvalue weighted by Gasteiger charge is -2.40. The van der Waals surface area contributed by atoms with E-state index in [1.807, 2.05) is 12.1 Å². The van der Waals surface area contributed by atoms with Gasteiger partial charge in [0.05, 0.1) is 11.1 Å². The number of aliphatic imine (C=N–C) groups is 1. The Morgan fingerprint density at radius 1 is 1.18 bits per heavy atom. The van der Waals surface area contributed by atoms with Crippen molar-refractivity contribution in [3.63, 3.8) is 0 Å². The molecule has 0 amide bonds. The lowest BCUT2D eigenvalue weighted by molar-refractivity contribution is -0.0835. The molecule has 2 aliphatic heterocycles. The Balaban J connectivity index is 1.56. The Bertz CT molecular complexity index is 703. The average Bonchev–Trinajstić information content (AvgIpc) is 2.68.